The first-order valence-electron chi connectivity index (χ1n) is 8.06. The Labute approximate surface area is 132 Å². The molecule has 3 nitrogen and oxygen atoms in total. The van der Waals surface area contributed by atoms with Crippen molar-refractivity contribution in [2.75, 3.05) is 6.54 Å². The first-order valence-corrected chi connectivity index (χ1v) is 8.06. The summed E-state index contributed by atoms with van der Waals surface area (Å²) in [6.45, 7) is 0.246. The van der Waals surface area contributed by atoms with E-state index in [0.717, 1.165) is 5.56 Å². The Morgan fingerprint density at radius 3 is 2.61 bits per heavy atom. The molecule has 2 atom stereocenters. The fourth-order valence-corrected chi connectivity index (χ4v) is 4.32. The van der Waals surface area contributed by atoms with Gasteiger partial charge in [0, 0.05) is 12.0 Å². The first kappa shape index (κ1) is 14.8. The van der Waals surface area contributed by atoms with Crippen LogP contribution in [0.15, 0.2) is 24.3 Å². The molecule has 3 aliphatic rings. The number of benzene rings is 1. The first-order chi connectivity index (χ1) is 10.9. The number of carbonyl (C=O) groups excluding carboxylic acids is 1. The van der Waals surface area contributed by atoms with Crippen LogP contribution < -0.4 is 4.74 Å². The lowest BCUT2D eigenvalue weighted by atomic mass is 9.83. The molecule has 0 aromatic heterocycles. The molecule has 1 aliphatic carbocycles. The molecule has 2 heterocycles. The molecule has 1 aromatic carbocycles. The van der Waals surface area contributed by atoms with Crippen LogP contribution in [0.1, 0.15) is 43.7 Å². The summed E-state index contributed by atoms with van der Waals surface area (Å²) in [7, 11) is 0. The van der Waals surface area contributed by atoms with Gasteiger partial charge in [-0.3, -0.25) is 4.79 Å². The number of hydrogen-bond donors (Lipinski definition) is 0. The van der Waals surface area contributed by atoms with Gasteiger partial charge >= 0.3 is 6.18 Å². The van der Waals surface area contributed by atoms with E-state index in [4.69, 9.17) is 4.74 Å². The second-order valence-corrected chi connectivity index (χ2v) is 6.77. The Hall–Kier alpha value is -1.72. The normalized spacial score (nSPS) is 28.4. The van der Waals surface area contributed by atoms with Crippen LogP contribution in [-0.4, -0.2) is 29.6 Å². The summed E-state index contributed by atoms with van der Waals surface area (Å²) in [5.74, 6) is -0.0631. The summed E-state index contributed by atoms with van der Waals surface area (Å²) in [6, 6.07) is 7.04. The van der Waals surface area contributed by atoms with Gasteiger partial charge in [0.2, 0.25) is 5.91 Å². The third-order valence-electron chi connectivity index (χ3n) is 5.50. The largest absolute Gasteiger partial charge is 0.488 e. The lowest BCUT2D eigenvalue weighted by Gasteiger charge is -2.36. The van der Waals surface area contributed by atoms with Crippen LogP contribution in [0.3, 0.4) is 0 Å². The van der Waals surface area contributed by atoms with E-state index in [1.54, 1.807) is 0 Å². The predicted molar refractivity (Wildman–Crippen MR) is 76.9 cm³/mol. The summed E-state index contributed by atoms with van der Waals surface area (Å²) >= 11 is 0. The molecule has 2 fully saturated rings. The van der Waals surface area contributed by atoms with E-state index < -0.39 is 17.5 Å². The van der Waals surface area contributed by atoms with Crippen molar-refractivity contribution in [3.05, 3.63) is 29.8 Å². The van der Waals surface area contributed by atoms with Gasteiger partial charge in [0.15, 0.2) is 0 Å². The van der Waals surface area contributed by atoms with Crippen LogP contribution in [0.5, 0.6) is 5.75 Å². The fourth-order valence-electron chi connectivity index (χ4n) is 4.32. The third-order valence-corrected chi connectivity index (χ3v) is 5.50. The molecule has 4 rings (SSSR count). The van der Waals surface area contributed by atoms with Crippen molar-refractivity contribution >= 4 is 5.91 Å². The summed E-state index contributed by atoms with van der Waals surface area (Å²) in [6.07, 6.45) is -3.38. The average molecular weight is 325 g/mol. The summed E-state index contributed by atoms with van der Waals surface area (Å²) < 4.78 is 46.9. The highest BCUT2D eigenvalue weighted by Crippen LogP contribution is 2.54. The summed E-state index contributed by atoms with van der Waals surface area (Å²) in [4.78, 5) is 14.3. The summed E-state index contributed by atoms with van der Waals surface area (Å²) in [5.41, 5.74) is -1.37. The van der Waals surface area contributed by atoms with E-state index >= 15 is 0 Å². The number of ether oxygens (including phenoxy) is 1. The molecule has 1 amide bonds. The maximum atomic E-state index is 13.7. The molecule has 1 aromatic rings. The highest BCUT2D eigenvalue weighted by Gasteiger charge is 2.63. The highest BCUT2D eigenvalue weighted by molar-refractivity contribution is 5.85. The predicted octanol–water partition coefficient (Wildman–Crippen LogP) is 3.84. The van der Waals surface area contributed by atoms with Crippen molar-refractivity contribution in [3.63, 3.8) is 0 Å². The number of fused-ring (bicyclic) bond motifs is 4. The topological polar surface area (TPSA) is 29.5 Å². The molecule has 0 N–H and O–H groups in total. The van der Waals surface area contributed by atoms with E-state index in [-0.39, 0.29) is 31.5 Å². The molecule has 124 valence electrons. The van der Waals surface area contributed by atoms with Crippen molar-refractivity contribution in [2.24, 2.45) is 5.41 Å². The van der Waals surface area contributed by atoms with Crippen LogP contribution in [0.25, 0.3) is 0 Å². The molecule has 1 saturated heterocycles. The van der Waals surface area contributed by atoms with Gasteiger partial charge in [0.25, 0.3) is 0 Å². The number of para-hydroxylation sites is 1. The van der Waals surface area contributed by atoms with E-state index in [2.05, 4.69) is 0 Å². The zero-order valence-electron chi connectivity index (χ0n) is 12.6. The van der Waals surface area contributed by atoms with Gasteiger partial charge in [0.05, 0.1) is 12.6 Å². The Balaban J connectivity index is 1.70. The lowest BCUT2D eigenvalue weighted by molar-refractivity contribution is -0.226. The molecule has 0 radical (unpaired) electrons. The quantitative estimate of drug-likeness (QED) is 0.785. The number of hydrogen-bond acceptors (Lipinski definition) is 2. The molecular weight excluding hydrogens is 307 g/mol. The minimum atomic E-state index is -4.49. The minimum Gasteiger partial charge on any atom is -0.488 e. The number of likely N-dealkylation sites (tertiary alicyclic amines) is 1. The Morgan fingerprint density at radius 1 is 1.22 bits per heavy atom. The van der Waals surface area contributed by atoms with Gasteiger partial charge in [-0.05, 0) is 18.9 Å². The van der Waals surface area contributed by atoms with Gasteiger partial charge in [-0.25, -0.2) is 0 Å². The van der Waals surface area contributed by atoms with E-state index in [0.29, 0.717) is 25.0 Å². The SMILES string of the molecule is O=C(N1C[C@@H]2C[C@H]1c1ccccc1O2)C1(C(F)(F)F)CCCC1. The van der Waals surface area contributed by atoms with Gasteiger partial charge < -0.3 is 9.64 Å². The van der Waals surface area contributed by atoms with Crippen molar-refractivity contribution < 1.29 is 22.7 Å². The molecule has 0 spiro atoms. The average Bonchev–Trinajstić information content (AvgIpc) is 3.13. The number of alkyl halides is 3. The van der Waals surface area contributed by atoms with Crippen LogP contribution in [0, 0.1) is 5.41 Å². The summed E-state index contributed by atoms with van der Waals surface area (Å²) in [5, 5.41) is 0. The monoisotopic (exact) mass is 325 g/mol. The minimum absolute atomic E-state index is 0.0915. The van der Waals surface area contributed by atoms with Gasteiger partial charge in [-0.15, -0.1) is 0 Å². The van der Waals surface area contributed by atoms with Crippen LogP contribution in [-0.2, 0) is 4.79 Å². The zero-order chi connectivity index (χ0) is 16.2. The number of carbonyl (C=O) groups is 1. The molecular formula is C17H18F3NO2. The van der Waals surface area contributed by atoms with Crippen LogP contribution >= 0.6 is 0 Å². The number of amides is 1. The smallest absolute Gasteiger partial charge is 0.403 e. The Kier molecular flexibility index (Phi) is 3.15. The van der Waals surface area contributed by atoms with Crippen molar-refractivity contribution in [3.8, 4) is 5.75 Å². The molecule has 2 bridgehead atoms. The van der Waals surface area contributed by atoms with Gasteiger partial charge in [0.1, 0.15) is 17.3 Å². The van der Waals surface area contributed by atoms with Crippen LogP contribution in [0.2, 0.25) is 0 Å². The van der Waals surface area contributed by atoms with E-state index in [1.807, 2.05) is 24.3 Å². The van der Waals surface area contributed by atoms with Crippen LogP contribution in [0.4, 0.5) is 13.2 Å². The number of halogens is 3. The molecule has 6 heteroatoms. The standard InChI is InChI=1S/C17H18F3NO2/c18-17(19,20)16(7-3-4-8-16)15(22)21-10-11-9-13(21)12-5-1-2-6-14(12)23-11/h1-2,5-6,11,13H,3-4,7-10H2/t11-,13-/m0/s1. The van der Waals surface area contributed by atoms with Crippen molar-refractivity contribution in [2.45, 2.75) is 50.4 Å². The number of nitrogens with zero attached hydrogens (tertiary/aromatic N) is 1. The Morgan fingerprint density at radius 2 is 1.91 bits per heavy atom. The maximum absolute atomic E-state index is 13.7. The van der Waals surface area contributed by atoms with E-state index in [1.165, 1.54) is 4.90 Å². The molecule has 23 heavy (non-hydrogen) atoms. The lowest BCUT2D eigenvalue weighted by Crippen LogP contribution is -2.50. The van der Waals surface area contributed by atoms with E-state index in [9.17, 15) is 18.0 Å². The molecule has 1 saturated carbocycles. The van der Waals surface area contributed by atoms with Gasteiger partial charge in [-0.1, -0.05) is 31.0 Å². The maximum Gasteiger partial charge on any atom is 0.403 e. The highest BCUT2D eigenvalue weighted by atomic mass is 19.4. The second kappa shape index (κ2) is 4.89. The molecule has 0 unspecified atom stereocenters. The van der Waals surface area contributed by atoms with Crippen molar-refractivity contribution in [1.82, 2.24) is 4.90 Å². The van der Waals surface area contributed by atoms with Crippen molar-refractivity contribution in [1.29, 1.82) is 0 Å². The second-order valence-electron chi connectivity index (χ2n) is 6.77. The molecule has 2 aliphatic heterocycles. The Bertz CT molecular complexity index is 637. The zero-order valence-corrected chi connectivity index (χ0v) is 12.6. The number of rotatable bonds is 1. The fraction of sp³-hybridized carbons (Fsp3) is 0.588. The van der Waals surface area contributed by atoms with Gasteiger partial charge in [-0.2, -0.15) is 13.2 Å². The third kappa shape index (κ3) is 2.07.